The molecule has 5 heteroatoms. The Morgan fingerprint density at radius 3 is 2.32 bits per heavy atom. The predicted octanol–water partition coefficient (Wildman–Crippen LogP) is 3.75. The van der Waals surface area contributed by atoms with E-state index < -0.39 is 12.8 Å². The van der Waals surface area contributed by atoms with Gasteiger partial charge in [0.15, 0.2) is 0 Å². The lowest BCUT2D eigenvalue weighted by molar-refractivity contribution is -0.174. The fraction of sp³-hybridized carbons (Fsp3) is 1.00. The van der Waals surface area contributed by atoms with Gasteiger partial charge in [-0.05, 0) is 42.9 Å². The lowest BCUT2D eigenvalue weighted by atomic mass is 9.67. The van der Waals surface area contributed by atoms with Crippen molar-refractivity contribution in [2.75, 3.05) is 13.2 Å². The molecule has 0 bridgehead atoms. The summed E-state index contributed by atoms with van der Waals surface area (Å²) in [6.07, 6.45) is -0.525. The second kappa shape index (κ2) is 6.44. The molecule has 1 rings (SSSR count). The molecule has 0 aromatic carbocycles. The monoisotopic (exact) mass is 281 g/mol. The van der Waals surface area contributed by atoms with Crippen molar-refractivity contribution in [3.05, 3.63) is 0 Å². The Kier molecular flexibility index (Phi) is 5.68. The summed E-state index contributed by atoms with van der Waals surface area (Å²) in [5.74, 6) is 0.881. The molecule has 1 fully saturated rings. The Morgan fingerprint density at radius 2 is 1.79 bits per heavy atom. The zero-order valence-electron chi connectivity index (χ0n) is 12.1. The predicted molar refractivity (Wildman–Crippen MR) is 69.8 cm³/mol. The molecule has 0 radical (unpaired) electrons. The maximum absolute atomic E-state index is 12.0. The van der Waals surface area contributed by atoms with E-state index in [-0.39, 0.29) is 24.0 Å². The summed E-state index contributed by atoms with van der Waals surface area (Å²) >= 11 is 0. The first kappa shape index (κ1) is 16.8. The summed E-state index contributed by atoms with van der Waals surface area (Å²) < 4.78 is 40.6. The van der Waals surface area contributed by atoms with Crippen molar-refractivity contribution in [1.29, 1.82) is 0 Å². The van der Waals surface area contributed by atoms with Crippen LogP contribution in [0.4, 0.5) is 13.2 Å². The van der Waals surface area contributed by atoms with Crippen molar-refractivity contribution in [2.24, 2.45) is 23.0 Å². The molecule has 2 nitrogen and oxygen atoms in total. The highest BCUT2D eigenvalue weighted by molar-refractivity contribution is 4.87. The number of rotatable bonds is 4. The van der Waals surface area contributed by atoms with E-state index >= 15 is 0 Å². The summed E-state index contributed by atoms with van der Waals surface area (Å²) in [5.41, 5.74) is 6.32. The summed E-state index contributed by atoms with van der Waals surface area (Å²) in [6.45, 7) is 5.63. The molecule has 0 heterocycles. The fourth-order valence-corrected chi connectivity index (χ4v) is 2.83. The van der Waals surface area contributed by atoms with Gasteiger partial charge in [-0.25, -0.2) is 0 Å². The van der Waals surface area contributed by atoms with Gasteiger partial charge in [-0.15, -0.1) is 0 Å². The SMILES string of the molecule is CC(C)(C)C1CCC(N)C(CCOCC(F)(F)F)C1. The summed E-state index contributed by atoms with van der Waals surface area (Å²) in [6, 6.07) is 0.105. The number of alkyl halides is 3. The highest BCUT2D eigenvalue weighted by Gasteiger charge is 2.34. The van der Waals surface area contributed by atoms with Crippen LogP contribution in [0.5, 0.6) is 0 Å². The van der Waals surface area contributed by atoms with Gasteiger partial charge in [0.25, 0.3) is 0 Å². The van der Waals surface area contributed by atoms with E-state index in [0.717, 1.165) is 19.3 Å². The maximum atomic E-state index is 12.0. The van der Waals surface area contributed by atoms with Crippen LogP contribution in [0, 0.1) is 17.3 Å². The topological polar surface area (TPSA) is 35.2 Å². The largest absolute Gasteiger partial charge is 0.411 e. The molecule has 2 N–H and O–H groups in total. The third-order valence-electron chi connectivity index (χ3n) is 4.16. The van der Waals surface area contributed by atoms with E-state index in [9.17, 15) is 13.2 Å². The average Bonchev–Trinajstić information content (AvgIpc) is 2.23. The van der Waals surface area contributed by atoms with Crippen molar-refractivity contribution in [1.82, 2.24) is 0 Å². The Hall–Kier alpha value is -0.290. The quantitative estimate of drug-likeness (QED) is 0.797. The molecule has 19 heavy (non-hydrogen) atoms. The molecule has 0 amide bonds. The van der Waals surface area contributed by atoms with Gasteiger partial charge in [-0.2, -0.15) is 13.2 Å². The number of ether oxygens (including phenoxy) is 1. The maximum Gasteiger partial charge on any atom is 0.411 e. The molecule has 0 aliphatic heterocycles. The first-order valence-electron chi connectivity index (χ1n) is 6.99. The molecule has 0 spiro atoms. The summed E-state index contributed by atoms with van der Waals surface area (Å²) in [7, 11) is 0. The van der Waals surface area contributed by atoms with Crippen molar-refractivity contribution in [2.45, 2.75) is 58.7 Å². The van der Waals surface area contributed by atoms with E-state index in [0.29, 0.717) is 12.3 Å². The summed E-state index contributed by atoms with van der Waals surface area (Å²) in [4.78, 5) is 0. The van der Waals surface area contributed by atoms with E-state index in [1.807, 2.05) is 0 Å². The van der Waals surface area contributed by atoms with Crippen LogP contribution >= 0.6 is 0 Å². The van der Waals surface area contributed by atoms with Gasteiger partial charge >= 0.3 is 6.18 Å². The van der Waals surface area contributed by atoms with Crippen LogP contribution in [-0.2, 0) is 4.74 Å². The van der Waals surface area contributed by atoms with Gasteiger partial charge in [0.2, 0.25) is 0 Å². The second-order valence-electron chi connectivity index (χ2n) is 6.76. The molecule has 3 unspecified atom stereocenters. The van der Waals surface area contributed by atoms with Gasteiger partial charge in [0.1, 0.15) is 6.61 Å². The van der Waals surface area contributed by atoms with Crippen molar-refractivity contribution in [3.8, 4) is 0 Å². The number of hydrogen-bond acceptors (Lipinski definition) is 2. The van der Waals surface area contributed by atoms with Crippen LogP contribution in [0.3, 0.4) is 0 Å². The molecule has 0 aromatic rings. The van der Waals surface area contributed by atoms with Crippen LogP contribution < -0.4 is 5.73 Å². The molecule has 1 aliphatic rings. The molecule has 0 saturated heterocycles. The second-order valence-corrected chi connectivity index (χ2v) is 6.76. The highest BCUT2D eigenvalue weighted by Crippen LogP contribution is 2.40. The number of hydrogen-bond donors (Lipinski definition) is 1. The lowest BCUT2D eigenvalue weighted by Crippen LogP contribution is -2.40. The highest BCUT2D eigenvalue weighted by atomic mass is 19.4. The van der Waals surface area contributed by atoms with Crippen LogP contribution in [0.2, 0.25) is 0 Å². The van der Waals surface area contributed by atoms with Gasteiger partial charge in [0.05, 0.1) is 0 Å². The Morgan fingerprint density at radius 1 is 1.16 bits per heavy atom. The lowest BCUT2D eigenvalue weighted by Gasteiger charge is -2.40. The molecule has 1 aliphatic carbocycles. The van der Waals surface area contributed by atoms with Crippen LogP contribution in [0.15, 0.2) is 0 Å². The molecular formula is C14H26F3NO. The molecule has 0 aromatic heterocycles. The van der Waals surface area contributed by atoms with E-state index in [2.05, 4.69) is 25.5 Å². The first-order chi connectivity index (χ1) is 8.59. The minimum absolute atomic E-state index is 0.105. The van der Waals surface area contributed by atoms with Gasteiger partial charge in [0, 0.05) is 12.6 Å². The zero-order valence-corrected chi connectivity index (χ0v) is 12.1. The molecular weight excluding hydrogens is 255 g/mol. The van der Waals surface area contributed by atoms with E-state index in [4.69, 9.17) is 5.73 Å². The molecule has 3 atom stereocenters. The Balaban J connectivity index is 2.35. The Labute approximate surface area is 113 Å². The van der Waals surface area contributed by atoms with Crippen LogP contribution in [0.25, 0.3) is 0 Å². The standard InChI is InChI=1S/C14H26F3NO/c1-13(2,3)11-4-5-12(18)10(8-11)6-7-19-9-14(15,16)17/h10-12H,4-9,18H2,1-3H3. The van der Waals surface area contributed by atoms with Gasteiger partial charge in [-0.3, -0.25) is 0 Å². The Bertz CT molecular complexity index is 273. The minimum Gasteiger partial charge on any atom is -0.372 e. The third-order valence-corrected chi connectivity index (χ3v) is 4.16. The minimum atomic E-state index is -4.23. The van der Waals surface area contributed by atoms with Gasteiger partial charge in [-0.1, -0.05) is 20.8 Å². The smallest absolute Gasteiger partial charge is 0.372 e. The van der Waals surface area contributed by atoms with Gasteiger partial charge < -0.3 is 10.5 Å². The van der Waals surface area contributed by atoms with E-state index in [1.165, 1.54) is 0 Å². The average molecular weight is 281 g/mol. The molecule has 1 saturated carbocycles. The zero-order chi connectivity index (χ0) is 14.7. The molecule has 114 valence electrons. The third kappa shape index (κ3) is 6.13. The summed E-state index contributed by atoms with van der Waals surface area (Å²) in [5, 5.41) is 0. The van der Waals surface area contributed by atoms with Crippen molar-refractivity contribution < 1.29 is 17.9 Å². The van der Waals surface area contributed by atoms with Crippen LogP contribution in [0.1, 0.15) is 46.5 Å². The number of halogens is 3. The van der Waals surface area contributed by atoms with Crippen molar-refractivity contribution in [3.63, 3.8) is 0 Å². The van der Waals surface area contributed by atoms with E-state index in [1.54, 1.807) is 0 Å². The normalized spacial score (nSPS) is 29.5. The van der Waals surface area contributed by atoms with Crippen molar-refractivity contribution >= 4 is 0 Å². The fourth-order valence-electron chi connectivity index (χ4n) is 2.83. The van der Waals surface area contributed by atoms with Crippen LogP contribution in [-0.4, -0.2) is 25.4 Å². The first-order valence-corrected chi connectivity index (χ1v) is 6.99. The number of nitrogens with two attached hydrogens (primary N) is 1.